The minimum atomic E-state index is -0.500. The van der Waals surface area contributed by atoms with Crippen LogP contribution in [0.3, 0.4) is 0 Å². The number of nitrogens with zero attached hydrogens (tertiary/aromatic N) is 3. The Morgan fingerprint density at radius 2 is 1.77 bits per heavy atom. The van der Waals surface area contributed by atoms with Gasteiger partial charge in [-0.3, -0.25) is 9.59 Å². The van der Waals surface area contributed by atoms with Gasteiger partial charge in [-0.2, -0.15) is 5.10 Å². The van der Waals surface area contributed by atoms with Crippen LogP contribution < -0.4 is 5.32 Å². The maximum absolute atomic E-state index is 13.4. The Kier molecular flexibility index (Phi) is 6.24. The minimum absolute atomic E-state index is 0.181. The second kappa shape index (κ2) is 8.71. The summed E-state index contributed by atoms with van der Waals surface area (Å²) in [7, 11) is 1.50. The first-order valence-electron chi connectivity index (χ1n) is 10.0. The fraction of sp³-hybridized carbons (Fsp3) is 0.292. The molecule has 6 nitrogen and oxygen atoms in total. The molecule has 0 saturated heterocycles. The highest BCUT2D eigenvalue weighted by molar-refractivity contribution is 5.99. The van der Waals surface area contributed by atoms with Gasteiger partial charge < -0.3 is 10.2 Å². The lowest BCUT2D eigenvalue weighted by molar-refractivity contribution is -0.116. The number of carbonyl (C=O) groups excluding carboxylic acids is 2. The molecule has 2 amide bonds. The molecular weight excluding hydrogens is 395 g/mol. The average Bonchev–Trinajstić information content (AvgIpc) is 3.12. The third-order valence-electron chi connectivity index (χ3n) is 4.82. The highest BCUT2D eigenvalue weighted by Gasteiger charge is 2.22. The van der Waals surface area contributed by atoms with E-state index in [0.29, 0.717) is 5.82 Å². The first-order chi connectivity index (χ1) is 14.5. The number of nitrogens with one attached hydrogen (secondary N) is 1. The number of hydrogen-bond donors (Lipinski definition) is 1. The molecule has 162 valence electrons. The Morgan fingerprint density at radius 3 is 2.39 bits per heavy atom. The number of aryl methyl sites for hydroxylation is 1. The Labute approximate surface area is 181 Å². The zero-order valence-corrected chi connectivity index (χ0v) is 18.4. The quantitative estimate of drug-likeness (QED) is 0.666. The van der Waals surface area contributed by atoms with Crippen LogP contribution >= 0.6 is 0 Å². The highest BCUT2D eigenvalue weighted by Crippen LogP contribution is 2.26. The fourth-order valence-electron chi connectivity index (χ4n) is 3.03. The zero-order valence-electron chi connectivity index (χ0n) is 18.4. The monoisotopic (exact) mass is 422 g/mol. The van der Waals surface area contributed by atoms with Gasteiger partial charge in [0.2, 0.25) is 5.91 Å². The van der Waals surface area contributed by atoms with E-state index in [1.807, 2.05) is 58.0 Å². The molecule has 0 aliphatic carbocycles. The van der Waals surface area contributed by atoms with E-state index >= 15 is 0 Å². The molecule has 0 radical (unpaired) electrons. The lowest BCUT2D eigenvalue weighted by Crippen LogP contribution is -2.35. The maximum Gasteiger partial charge on any atom is 0.254 e. The number of halogens is 1. The van der Waals surface area contributed by atoms with Crippen LogP contribution in [0.25, 0.3) is 5.69 Å². The molecule has 1 aromatic heterocycles. The van der Waals surface area contributed by atoms with Gasteiger partial charge in [0.15, 0.2) is 0 Å². The SMILES string of the molecule is Cc1ccc(-n2nc(C(C)(C)C)cc2NC(=O)CN(C)C(=O)c2cccc(F)c2)cc1. The summed E-state index contributed by atoms with van der Waals surface area (Å²) in [6.07, 6.45) is 0. The maximum atomic E-state index is 13.4. The Bertz CT molecular complexity index is 1100. The van der Waals surface area contributed by atoms with Gasteiger partial charge in [-0.15, -0.1) is 0 Å². The smallest absolute Gasteiger partial charge is 0.254 e. The van der Waals surface area contributed by atoms with Crippen LogP contribution in [-0.4, -0.2) is 40.1 Å². The molecule has 0 bridgehead atoms. The standard InChI is InChI=1S/C24H27FN4O2/c1-16-9-11-19(12-10-16)29-21(14-20(27-29)24(2,3)4)26-22(30)15-28(5)23(31)17-7-6-8-18(25)13-17/h6-14H,15H2,1-5H3,(H,26,30). The largest absolute Gasteiger partial charge is 0.332 e. The third-order valence-corrected chi connectivity index (χ3v) is 4.82. The molecule has 0 fully saturated rings. The first-order valence-corrected chi connectivity index (χ1v) is 10.0. The van der Waals surface area contributed by atoms with E-state index in [1.54, 1.807) is 4.68 Å². The molecule has 1 N–H and O–H groups in total. The summed E-state index contributed by atoms with van der Waals surface area (Å²) >= 11 is 0. The van der Waals surface area contributed by atoms with Crippen molar-refractivity contribution in [1.82, 2.24) is 14.7 Å². The van der Waals surface area contributed by atoms with Crippen molar-refractivity contribution in [2.24, 2.45) is 0 Å². The van der Waals surface area contributed by atoms with Crippen LogP contribution in [0.5, 0.6) is 0 Å². The van der Waals surface area contributed by atoms with Gasteiger partial charge in [0.25, 0.3) is 5.91 Å². The van der Waals surface area contributed by atoms with E-state index < -0.39 is 11.7 Å². The number of anilines is 1. The topological polar surface area (TPSA) is 67.2 Å². The number of benzene rings is 2. The van der Waals surface area contributed by atoms with Crippen LogP contribution in [0, 0.1) is 12.7 Å². The van der Waals surface area contributed by atoms with Crippen molar-refractivity contribution in [2.45, 2.75) is 33.1 Å². The van der Waals surface area contributed by atoms with E-state index in [2.05, 4.69) is 10.4 Å². The second-order valence-corrected chi connectivity index (χ2v) is 8.63. The molecule has 2 aromatic carbocycles. The zero-order chi connectivity index (χ0) is 22.8. The van der Waals surface area contributed by atoms with Gasteiger partial charge in [0.05, 0.1) is 17.9 Å². The molecule has 3 rings (SSSR count). The van der Waals surface area contributed by atoms with Crippen molar-refractivity contribution < 1.29 is 14.0 Å². The van der Waals surface area contributed by atoms with Crippen molar-refractivity contribution in [3.63, 3.8) is 0 Å². The van der Waals surface area contributed by atoms with E-state index in [0.717, 1.165) is 23.0 Å². The van der Waals surface area contributed by atoms with Gasteiger partial charge in [0, 0.05) is 24.1 Å². The van der Waals surface area contributed by atoms with Crippen LogP contribution in [0.15, 0.2) is 54.6 Å². The predicted molar refractivity (Wildman–Crippen MR) is 119 cm³/mol. The van der Waals surface area contributed by atoms with E-state index in [4.69, 9.17) is 0 Å². The molecule has 0 aliphatic heterocycles. The molecule has 3 aromatic rings. The lowest BCUT2D eigenvalue weighted by atomic mass is 9.92. The van der Waals surface area contributed by atoms with Crippen molar-refractivity contribution in [3.05, 3.63) is 77.2 Å². The number of aromatic nitrogens is 2. The van der Waals surface area contributed by atoms with Gasteiger partial charge >= 0.3 is 0 Å². The van der Waals surface area contributed by atoms with E-state index in [9.17, 15) is 14.0 Å². The minimum Gasteiger partial charge on any atom is -0.332 e. The van der Waals surface area contributed by atoms with E-state index in [1.165, 1.54) is 30.1 Å². The molecular formula is C24H27FN4O2. The average molecular weight is 423 g/mol. The molecule has 31 heavy (non-hydrogen) atoms. The van der Waals surface area contributed by atoms with Gasteiger partial charge in [0.1, 0.15) is 11.6 Å². The molecule has 0 atom stereocenters. The van der Waals surface area contributed by atoms with Crippen molar-refractivity contribution in [1.29, 1.82) is 0 Å². The second-order valence-electron chi connectivity index (χ2n) is 8.63. The number of carbonyl (C=O) groups is 2. The van der Waals surface area contributed by atoms with Crippen LogP contribution in [0.1, 0.15) is 42.4 Å². The van der Waals surface area contributed by atoms with Crippen molar-refractivity contribution in [2.75, 3.05) is 18.9 Å². The van der Waals surface area contributed by atoms with Crippen LogP contribution in [0.2, 0.25) is 0 Å². The Hall–Kier alpha value is -3.48. The summed E-state index contributed by atoms with van der Waals surface area (Å²) in [5, 5.41) is 7.54. The number of likely N-dealkylation sites (N-methyl/N-ethyl adjacent to an activating group) is 1. The summed E-state index contributed by atoms with van der Waals surface area (Å²) in [5.74, 6) is -0.788. The highest BCUT2D eigenvalue weighted by atomic mass is 19.1. The Balaban J connectivity index is 1.80. The molecule has 1 heterocycles. The summed E-state index contributed by atoms with van der Waals surface area (Å²) in [5.41, 5.74) is 2.75. The predicted octanol–water partition coefficient (Wildman–Crippen LogP) is 4.33. The lowest BCUT2D eigenvalue weighted by Gasteiger charge is -2.17. The van der Waals surface area contributed by atoms with Crippen LogP contribution in [0.4, 0.5) is 10.2 Å². The van der Waals surface area contributed by atoms with Crippen LogP contribution in [-0.2, 0) is 10.2 Å². The Morgan fingerprint density at radius 1 is 1.10 bits per heavy atom. The van der Waals surface area contributed by atoms with Gasteiger partial charge in [-0.05, 0) is 37.3 Å². The molecule has 0 unspecified atom stereocenters. The molecule has 0 aliphatic rings. The van der Waals surface area contributed by atoms with Crippen molar-refractivity contribution in [3.8, 4) is 5.69 Å². The fourth-order valence-corrected chi connectivity index (χ4v) is 3.03. The van der Waals surface area contributed by atoms with Gasteiger partial charge in [-0.25, -0.2) is 9.07 Å². The number of rotatable bonds is 5. The summed E-state index contributed by atoms with van der Waals surface area (Å²) in [4.78, 5) is 26.5. The summed E-state index contributed by atoms with van der Waals surface area (Å²) in [6, 6.07) is 15.1. The number of hydrogen-bond acceptors (Lipinski definition) is 3. The third kappa shape index (κ3) is 5.36. The first kappa shape index (κ1) is 22.2. The summed E-state index contributed by atoms with van der Waals surface area (Å²) < 4.78 is 15.1. The van der Waals surface area contributed by atoms with Crippen molar-refractivity contribution >= 4 is 17.6 Å². The van der Waals surface area contributed by atoms with E-state index in [-0.39, 0.29) is 23.4 Å². The molecule has 7 heteroatoms. The van der Waals surface area contributed by atoms with Gasteiger partial charge in [-0.1, -0.05) is 44.5 Å². The molecule has 0 spiro atoms. The number of amides is 2. The summed E-state index contributed by atoms with van der Waals surface area (Å²) in [6.45, 7) is 7.96. The normalized spacial score (nSPS) is 11.3. The molecule has 0 saturated carbocycles.